The van der Waals surface area contributed by atoms with Crippen LogP contribution < -0.4 is 5.32 Å². The molecule has 1 unspecified atom stereocenters. The van der Waals surface area contributed by atoms with Gasteiger partial charge in [-0.3, -0.25) is 14.9 Å². The summed E-state index contributed by atoms with van der Waals surface area (Å²) >= 11 is 0. The SMILES string of the molecule is COC(=O)[C@@H](NC(CC(=O)C=C(C)C)c1ccc(C)cc1)C(C)C. The molecule has 0 aliphatic heterocycles. The van der Waals surface area contributed by atoms with E-state index in [-0.39, 0.29) is 23.7 Å². The van der Waals surface area contributed by atoms with Crippen molar-refractivity contribution in [2.45, 2.75) is 53.1 Å². The molecule has 0 aromatic heterocycles. The zero-order valence-electron chi connectivity index (χ0n) is 15.6. The summed E-state index contributed by atoms with van der Waals surface area (Å²) in [6.45, 7) is 9.73. The molecule has 0 radical (unpaired) electrons. The summed E-state index contributed by atoms with van der Waals surface area (Å²) in [4.78, 5) is 24.3. The van der Waals surface area contributed by atoms with Crippen LogP contribution in [0, 0.1) is 12.8 Å². The first kappa shape index (κ1) is 20.1. The smallest absolute Gasteiger partial charge is 0.323 e. The van der Waals surface area contributed by atoms with Crippen molar-refractivity contribution < 1.29 is 14.3 Å². The molecule has 2 atom stereocenters. The lowest BCUT2D eigenvalue weighted by molar-refractivity contribution is -0.144. The number of aryl methyl sites for hydroxylation is 1. The molecule has 1 aromatic carbocycles. The molecular weight excluding hydrogens is 302 g/mol. The number of ether oxygens (including phenoxy) is 1. The lowest BCUT2D eigenvalue weighted by Crippen LogP contribution is -2.44. The molecular formula is C20H29NO3. The van der Waals surface area contributed by atoms with E-state index in [0.29, 0.717) is 6.42 Å². The summed E-state index contributed by atoms with van der Waals surface area (Å²) in [7, 11) is 1.38. The lowest BCUT2D eigenvalue weighted by atomic mass is 9.96. The first-order valence-electron chi connectivity index (χ1n) is 8.32. The number of rotatable bonds is 8. The highest BCUT2D eigenvalue weighted by Gasteiger charge is 2.27. The zero-order chi connectivity index (χ0) is 18.3. The predicted molar refractivity (Wildman–Crippen MR) is 96.8 cm³/mol. The van der Waals surface area contributed by atoms with Gasteiger partial charge in [-0.25, -0.2) is 0 Å². The third kappa shape index (κ3) is 6.28. The minimum atomic E-state index is -0.458. The molecule has 24 heavy (non-hydrogen) atoms. The van der Waals surface area contributed by atoms with Gasteiger partial charge in [0.15, 0.2) is 5.78 Å². The van der Waals surface area contributed by atoms with Crippen molar-refractivity contribution in [3.05, 3.63) is 47.0 Å². The van der Waals surface area contributed by atoms with E-state index in [0.717, 1.165) is 16.7 Å². The number of allylic oxidation sites excluding steroid dienone is 2. The van der Waals surface area contributed by atoms with Gasteiger partial charge in [-0.2, -0.15) is 0 Å². The van der Waals surface area contributed by atoms with Crippen LogP contribution in [0.2, 0.25) is 0 Å². The molecule has 0 aliphatic carbocycles. The maximum absolute atomic E-state index is 12.3. The van der Waals surface area contributed by atoms with E-state index in [1.807, 2.05) is 58.9 Å². The fourth-order valence-corrected chi connectivity index (χ4v) is 2.53. The Balaban J connectivity index is 3.07. The maximum atomic E-state index is 12.3. The van der Waals surface area contributed by atoms with Gasteiger partial charge in [-0.15, -0.1) is 0 Å². The third-order valence-corrected chi connectivity index (χ3v) is 3.84. The van der Waals surface area contributed by atoms with Crippen molar-refractivity contribution in [2.24, 2.45) is 5.92 Å². The Morgan fingerprint density at radius 2 is 1.75 bits per heavy atom. The Bertz CT molecular complexity index is 583. The Kier molecular flexibility index (Phi) is 7.86. The number of nitrogens with one attached hydrogen (secondary N) is 1. The molecule has 0 spiro atoms. The van der Waals surface area contributed by atoms with E-state index < -0.39 is 6.04 Å². The zero-order valence-corrected chi connectivity index (χ0v) is 15.6. The Morgan fingerprint density at radius 3 is 2.21 bits per heavy atom. The monoisotopic (exact) mass is 331 g/mol. The van der Waals surface area contributed by atoms with E-state index >= 15 is 0 Å². The average molecular weight is 331 g/mol. The van der Waals surface area contributed by atoms with Crippen molar-refractivity contribution in [3.63, 3.8) is 0 Å². The molecule has 1 N–H and O–H groups in total. The number of carbonyl (C=O) groups excluding carboxylic acids is 2. The number of esters is 1. The van der Waals surface area contributed by atoms with Gasteiger partial charge in [0.2, 0.25) is 0 Å². The molecule has 0 aliphatic rings. The topological polar surface area (TPSA) is 55.4 Å². The summed E-state index contributed by atoms with van der Waals surface area (Å²) in [5.74, 6) is -0.207. The minimum Gasteiger partial charge on any atom is -0.468 e. The Labute approximate surface area is 145 Å². The van der Waals surface area contributed by atoms with Crippen LogP contribution >= 0.6 is 0 Å². The maximum Gasteiger partial charge on any atom is 0.323 e. The summed E-state index contributed by atoms with van der Waals surface area (Å²) in [6, 6.07) is 7.33. The largest absolute Gasteiger partial charge is 0.468 e. The van der Waals surface area contributed by atoms with Crippen LogP contribution in [0.1, 0.15) is 51.3 Å². The molecule has 4 heteroatoms. The van der Waals surface area contributed by atoms with Gasteiger partial charge in [0.25, 0.3) is 0 Å². The van der Waals surface area contributed by atoms with Crippen molar-refractivity contribution in [1.82, 2.24) is 5.32 Å². The van der Waals surface area contributed by atoms with Crippen molar-refractivity contribution in [1.29, 1.82) is 0 Å². The Morgan fingerprint density at radius 1 is 1.17 bits per heavy atom. The van der Waals surface area contributed by atoms with E-state index in [9.17, 15) is 9.59 Å². The number of methoxy groups -OCH3 is 1. The van der Waals surface area contributed by atoms with Crippen LogP contribution in [-0.4, -0.2) is 24.9 Å². The number of benzene rings is 1. The minimum absolute atomic E-state index is 0.0421. The van der Waals surface area contributed by atoms with Crippen molar-refractivity contribution in [3.8, 4) is 0 Å². The van der Waals surface area contributed by atoms with Crippen molar-refractivity contribution in [2.75, 3.05) is 7.11 Å². The van der Waals surface area contributed by atoms with E-state index in [4.69, 9.17) is 4.74 Å². The van der Waals surface area contributed by atoms with E-state index in [1.165, 1.54) is 7.11 Å². The number of hydrogen-bond donors (Lipinski definition) is 1. The molecule has 132 valence electrons. The number of hydrogen-bond acceptors (Lipinski definition) is 4. The van der Waals surface area contributed by atoms with Gasteiger partial charge in [-0.1, -0.05) is 49.2 Å². The van der Waals surface area contributed by atoms with Crippen LogP contribution in [0.15, 0.2) is 35.9 Å². The average Bonchev–Trinajstić information content (AvgIpc) is 2.50. The lowest BCUT2D eigenvalue weighted by Gasteiger charge is -2.26. The second kappa shape index (κ2) is 9.38. The first-order chi connectivity index (χ1) is 11.2. The molecule has 0 saturated heterocycles. The van der Waals surface area contributed by atoms with Gasteiger partial charge < -0.3 is 4.74 Å². The highest BCUT2D eigenvalue weighted by atomic mass is 16.5. The van der Waals surface area contributed by atoms with E-state index in [2.05, 4.69) is 5.32 Å². The number of ketones is 1. The van der Waals surface area contributed by atoms with Crippen LogP contribution in [0.4, 0.5) is 0 Å². The highest BCUT2D eigenvalue weighted by Crippen LogP contribution is 2.21. The Hall–Kier alpha value is -1.94. The first-order valence-corrected chi connectivity index (χ1v) is 8.32. The van der Waals surface area contributed by atoms with Crippen LogP contribution in [0.3, 0.4) is 0 Å². The highest BCUT2D eigenvalue weighted by molar-refractivity contribution is 5.90. The fourth-order valence-electron chi connectivity index (χ4n) is 2.53. The van der Waals surface area contributed by atoms with Gasteiger partial charge in [-0.05, 0) is 38.3 Å². The summed E-state index contributed by atoms with van der Waals surface area (Å²) in [5.41, 5.74) is 3.11. The molecule has 1 rings (SSSR count). The van der Waals surface area contributed by atoms with Gasteiger partial charge in [0.05, 0.1) is 7.11 Å². The summed E-state index contributed by atoms with van der Waals surface area (Å²) in [5, 5.41) is 3.32. The predicted octanol–water partition coefficient (Wildman–Crippen LogP) is 3.75. The molecule has 0 amide bonds. The fraction of sp³-hybridized carbons (Fsp3) is 0.500. The van der Waals surface area contributed by atoms with Crippen LogP contribution in [0.5, 0.6) is 0 Å². The molecule has 0 fully saturated rings. The van der Waals surface area contributed by atoms with Crippen LogP contribution in [0.25, 0.3) is 0 Å². The quantitative estimate of drug-likeness (QED) is 0.582. The third-order valence-electron chi connectivity index (χ3n) is 3.84. The van der Waals surface area contributed by atoms with Gasteiger partial charge >= 0.3 is 5.97 Å². The molecule has 0 saturated carbocycles. The molecule has 4 nitrogen and oxygen atoms in total. The second-order valence-corrected chi connectivity index (χ2v) is 6.77. The number of carbonyl (C=O) groups is 2. The molecule has 0 bridgehead atoms. The molecule has 1 aromatic rings. The van der Waals surface area contributed by atoms with Gasteiger partial charge in [0, 0.05) is 12.5 Å². The van der Waals surface area contributed by atoms with Crippen LogP contribution in [-0.2, 0) is 14.3 Å². The van der Waals surface area contributed by atoms with Crippen molar-refractivity contribution >= 4 is 11.8 Å². The molecule has 0 heterocycles. The van der Waals surface area contributed by atoms with E-state index in [1.54, 1.807) is 6.08 Å². The standard InChI is InChI=1S/C20H29NO3/c1-13(2)11-17(22)12-18(16-9-7-15(5)8-10-16)21-19(14(3)4)20(23)24-6/h7-11,14,18-19,21H,12H2,1-6H3/t18?,19-/m0/s1. The summed E-state index contributed by atoms with van der Waals surface area (Å²) < 4.78 is 4.90. The van der Waals surface area contributed by atoms with Gasteiger partial charge in [0.1, 0.15) is 6.04 Å². The second-order valence-electron chi connectivity index (χ2n) is 6.77. The summed E-state index contributed by atoms with van der Waals surface area (Å²) in [6.07, 6.45) is 1.94. The normalized spacial score (nSPS) is 13.3.